The van der Waals surface area contributed by atoms with Crippen molar-refractivity contribution in [2.24, 2.45) is 0 Å². The molecule has 3 rings (SSSR count). The number of methoxy groups -OCH3 is 1. The van der Waals surface area contributed by atoms with Gasteiger partial charge in [0.25, 0.3) is 0 Å². The third-order valence-corrected chi connectivity index (χ3v) is 5.56. The number of hydrogen-bond donors (Lipinski definition) is 1. The highest BCUT2D eigenvalue weighted by Gasteiger charge is 2.08. The molecule has 0 bridgehead atoms. The van der Waals surface area contributed by atoms with Crippen LogP contribution in [0, 0.1) is 0 Å². The molecule has 0 unspecified atom stereocenters. The van der Waals surface area contributed by atoms with E-state index in [1.807, 2.05) is 42.5 Å². The fourth-order valence-electron chi connectivity index (χ4n) is 2.59. The molecule has 0 aliphatic heterocycles. The van der Waals surface area contributed by atoms with Gasteiger partial charge in [0, 0.05) is 22.3 Å². The Morgan fingerprint density at radius 1 is 0.857 bits per heavy atom. The first kappa shape index (κ1) is 21.1. The van der Waals surface area contributed by atoms with E-state index in [4.69, 9.17) is 44.3 Å². The number of nitrogens with one attached hydrogen (secondary N) is 1. The Morgan fingerprint density at radius 3 is 2.36 bits per heavy atom. The van der Waals surface area contributed by atoms with Crippen LogP contribution in [0.1, 0.15) is 11.1 Å². The number of benzene rings is 3. The zero-order chi connectivity index (χ0) is 20.1. The van der Waals surface area contributed by atoms with Crippen LogP contribution in [0.15, 0.2) is 59.1 Å². The molecule has 0 aliphatic carbocycles. The molecule has 0 aromatic heterocycles. The lowest BCUT2D eigenvalue weighted by molar-refractivity contribution is 0.303. The molecule has 28 heavy (non-hydrogen) atoms. The monoisotopic (exact) mass is 499 g/mol. The van der Waals surface area contributed by atoms with E-state index < -0.39 is 0 Å². The van der Waals surface area contributed by atoms with Crippen LogP contribution in [-0.2, 0) is 13.2 Å². The van der Waals surface area contributed by atoms with Crippen LogP contribution >= 0.6 is 50.7 Å². The summed E-state index contributed by atoms with van der Waals surface area (Å²) >= 11 is 21.7. The molecular weight excluding hydrogens is 484 g/mol. The van der Waals surface area contributed by atoms with Crippen molar-refractivity contribution in [3.05, 3.63) is 85.3 Å². The van der Waals surface area contributed by atoms with E-state index in [0.29, 0.717) is 34.0 Å². The molecule has 3 nitrogen and oxygen atoms in total. The van der Waals surface area contributed by atoms with Crippen LogP contribution in [0.5, 0.6) is 11.5 Å². The minimum absolute atomic E-state index is 0.389. The summed E-state index contributed by atoms with van der Waals surface area (Å²) in [6.07, 6.45) is 0. The Balaban J connectivity index is 1.71. The molecule has 0 saturated carbocycles. The van der Waals surface area contributed by atoms with Gasteiger partial charge in [0.15, 0.2) is 0 Å². The lowest BCUT2D eigenvalue weighted by Gasteiger charge is -2.14. The molecule has 0 heterocycles. The van der Waals surface area contributed by atoms with E-state index in [0.717, 1.165) is 27.0 Å². The van der Waals surface area contributed by atoms with Crippen LogP contribution in [-0.4, -0.2) is 7.11 Å². The highest BCUT2D eigenvalue weighted by atomic mass is 79.9. The molecule has 0 spiro atoms. The zero-order valence-corrected chi connectivity index (χ0v) is 18.8. The maximum atomic E-state index is 6.19. The fourth-order valence-corrected chi connectivity index (χ4v) is 3.58. The molecule has 0 atom stereocenters. The number of rotatable bonds is 7. The van der Waals surface area contributed by atoms with Gasteiger partial charge in [0.2, 0.25) is 0 Å². The standard InChI is InChI=1S/C21H17BrCl3NO2/c1-27-21-7-4-16(10-19(21)25)26-11-14-9-15(22)3-6-20(14)28-12-13-2-5-17(23)18(24)8-13/h2-10,26H,11-12H2,1H3. The summed E-state index contributed by atoms with van der Waals surface area (Å²) in [6, 6.07) is 16.9. The highest BCUT2D eigenvalue weighted by Crippen LogP contribution is 2.29. The zero-order valence-electron chi connectivity index (χ0n) is 14.9. The lowest BCUT2D eigenvalue weighted by atomic mass is 10.2. The van der Waals surface area contributed by atoms with E-state index >= 15 is 0 Å². The van der Waals surface area contributed by atoms with Crippen molar-refractivity contribution in [1.82, 2.24) is 0 Å². The van der Waals surface area contributed by atoms with Gasteiger partial charge in [-0.05, 0) is 54.1 Å². The van der Waals surface area contributed by atoms with Crippen molar-refractivity contribution in [2.75, 3.05) is 12.4 Å². The molecule has 3 aromatic rings. The van der Waals surface area contributed by atoms with Crippen molar-refractivity contribution in [2.45, 2.75) is 13.2 Å². The number of ether oxygens (including phenoxy) is 2. The van der Waals surface area contributed by atoms with Gasteiger partial charge in [-0.1, -0.05) is 56.8 Å². The Bertz CT molecular complexity index is 982. The van der Waals surface area contributed by atoms with Gasteiger partial charge in [-0.3, -0.25) is 0 Å². The smallest absolute Gasteiger partial charge is 0.137 e. The summed E-state index contributed by atoms with van der Waals surface area (Å²) < 4.78 is 12.2. The van der Waals surface area contributed by atoms with Crippen LogP contribution in [0.4, 0.5) is 5.69 Å². The van der Waals surface area contributed by atoms with Gasteiger partial charge in [-0.2, -0.15) is 0 Å². The Hall–Kier alpha value is -1.59. The van der Waals surface area contributed by atoms with Crippen molar-refractivity contribution in [3.63, 3.8) is 0 Å². The number of halogens is 4. The minimum atomic E-state index is 0.389. The van der Waals surface area contributed by atoms with Crippen molar-refractivity contribution in [3.8, 4) is 11.5 Å². The van der Waals surface area contributed by atoms with E-state index in [2.05, 4.69) is 21.2 Å². The van der Waals surface area contributed by atoms with Crippen LogP contribution in [0.25, 0.3) is 0 Å². The molecule has 0 aliphatic rings. The molecule has 0 amide bonds. The first-order valence-corrected chi connectivity index (χ1v) is 10.3. The summed E-state index contributed by atoms with van der Waals surface area (Å²) in [4.78, 5) is 0. The van der Waals surface area contributed by atoms with Gasteiger partial charge in [0.05, 0.1) is 22.2 Å². The molecule has 0 radical (unpaired) electrons. The summed E-state index contributed by atoms with van der Waals surface area (Å²) in [7, 11) is 1.59. The van der Waals surface area contributed by atoms with Gasteiger partial charge in [-0.15, -0.1) is 0 Å². The third kappa shape index (κ3) is 5.48. The van der Waals surface area contributed by atoms with Gasteiger partial charge < -0.3 is 14.8 Å². The molecule has 1 N–H and O–H groups in total. The predicted molar refractivity (Wildman–Crippen MR) is 120 cm³/mol. The maximum absolute atomic E-state index is 6.19. The number of anilines is 1. The second kappa shape index (κ2) is 9.75. The van der Waals surface area contributed by atoms with E-state index in [-0.39, 0.29) is 0 Å². The van der Waals surface area contributed by atoms with Crippen LogP contribution in [0.2, 0.25) is 15.1 Å². The van der Waals surface area contributed by atoms with Gasteiger partial charge in [0.1, 0.15) is 18.1 Å². The van der Waals surface area contributed by atoms with Crippen molar-refractivity contribution >= 4 is 56.4 Å². The predicted octanol–water partition coefficient (Wildman–Crippen LogP) is 7.61. The summed E-state index contributed by atoms with van der Waals surface area (Å²) in [6.45, 7) is 0.957. The lowest BCUT2D eigenvalue weighted by Crippen LogP contribution is -2.04. The summed E-state index contributed by atoms with van der Waals surface area (Å²) in [5, 5.41) is 4.95. The average molecular weight is 502 g/mol. The number of hydrogen-bond acceptors (Lipinski definition) is 3. The molecule has 3 aromatic carbocycles. The fraction of sp³-hybridized carbons (Fsp3) is 0.143. The van der Waals surface area contributed by atoms with Crippen LogP contribution < -0.4 is 14.8 Å². The molecular formula is C21H17BrCl3NO2. The van der Waals surface area contributed by atoms with E-state index in [1.54, 1.807) is 19.2 Å². The van der Waals surface area contributed by atoms with E-state index in [1.165, 1.54) is 0 Å². The Labute approximate surface area is 187 Å². The Morgan fingerprint density at radius 2 is 1.64 bits per heavy atom. The molecule has 0 fully saturated rings. The first-order valence-electron chi connectivity index (χ1n) is 8.39. The SMILES string of the molecule is COc1ccc(NCc2cc(Br)ccc2OCc2ccc(Cl)c(Cl)c2)cc1Cl. The normalized spacial score (nSPS) is 10.6. The molecule has 146 valence electrons. The quantitative estimate of drug-likeness (QED) is 0.361. The Kier molecular flexibility index (Phi) is 7.36. The van der Waals surface area contributed by atoms with Gasteiger partial charge in [-0.25, -0.2) is 0 Å². The molecule has 7 heteroatoms. The maximum Gasteiger partial charge on any atom is 0.137 e. The second-order valence-electron chi connectivity index (χ2n) is 5.99. The molecule has 0 saturated heterocycles. The topological polar surface area (TPSA) is 30.5 Å². The summed E-state index contributed by atoms with van der Waals surface area (Å²) in [5.41, 5.74) is 2.83. The summed E-state index contributed by atoms with van der Waals surface area (Å²) in [5.74, 6) is 1.42. The third-order valence-electron chi connectivity index (χ3n) is 4.04. The van der Waals surface area contributed by atoms with E-state index in [9.17, 15) is 0 Å². The highest BCUT2D eigenvalue weighted by molar-refractivity contribution is 9.10. The van der Waals surface area contributed by atoms with Gasteiger partial charge >= 0.3 is 0 Å². The van der Waals surface area contributed by atoms with Crippen molar-refractivity contribution in [1.29, 1.82) is 0 Å². The average Bonchev–Trinajstić information content (AvgIpc) is 2.68. The van der Waals surface area contributed by atoms with Crippen LogP contribution in [0.3, 0.4) is 0 Å². The minimum Gasteiger partial charge on any atom is -0.495 e. The largest absolute Gasteiger partial charge is 0.495 e. The second-order valence-corrected chi connectivity index (χ2v) is 8.13. The first-order chi connectivity index (χ1) is 13.5. The van der Waals surface area contributed by atoms with Crippen molar-refractivity contribution < 1.29 is 9.47 Å².